The highest BCUT2D eigenvalue weighted by molar-refractivity contribution is 6.58. The van der Waals surface area contributed by atoms with Crippen LogP contribution in [0.4, 0.5) is 0 Å². The van der Waals surface area contributed by atoms with Crippen molar-refractivity contribution in [3.05, 3.63) is 91.0 Å². The normalized spacial score (nSPS) is 11.3. The van der Waals surface area contributed by atoms with E-state index >= 15 is 0 Å². The average molecular weight is 348 g/mol. The van der Waals surface area contributed by atoms with Crippen LogP contribution in [0.5, 0.6) is 0 Å². The predicted molar refractivity (Wildman–Crippen MR) is 114 cm³/mol. The van der Waals surface area contributed by atoms with Crippen LogP contribution in [-0.4, -0.2) is 17.2 Å². The van der Waals surface area contributed by atoms with E-state index in [0.717, 1.165) is 16.3 Å². The van der Waals surface area contributed by atoms with Crippen LogP contribution in [0.25, 0.3) is 43.4 Å². The SMILES string of the molecule is OB(O)c1ccc2ccc(-c3cc4ccccc4c4ccccc34)cc2c1. The second-order valence-corrected chi connectivity index (χ2v) is 6.89. The first-order chi connectivity index (χ1) is 13.2. The Balaban J connectivity index is 1.81. The third-order valence-corrected chi connectivity index (χ3v) is 5.24. The molecule has 0 amide bonds. The van der Waals surface area contributed by atoms with Gasteiger partial charge < -0.3 is 10.0 Å². The lowest BCUT2D eigenvalue weighted by Crippen LogP contribution is -2.29. The Hall–Kier alpha value is -3.14. The highest BCUT2D eigenvalue weighted by Gasteiger charge is 2.12. The summed E-state index contributed by atoms with van der Waals surface area (Å²) in [6.45, 7) is 0. The molecule has 2 N–H and O–H groups in total. The molecule has 0 atom stereocenters. The summed E-state index contributed by atoms with van der Waals surface area (Å²) in [7, 11) is -1.46. The van der Waals surface area contributed by atoms with Gasteiger partial charge in [0.25, 0.3) is 0 Å². The van der Waals surface area contributed by atoms with Crippen molar-refractivity contribution in [2.75, 3.05) is 0 Å². The van der Waals surface area contributed by atoms with Crippen molar-refractivity contribution in [3.63, 3.8) is 0 Å². The van der Waals surface area contributed by atoms with Gasteiger partial charge in [-0.1, -0.05) is 78.9 Å². The molecule has 0 spiro atoms. The molecule has 0 heterocycles. The monoisotopic (exact) mass is 348 g/mol. The van der Waals surface area contributed by atoms with Gasteiger partial charge in [-0.2, -0.15) is 0 Å². The molecule has 3 heteroatoms. The first-order valence-corrected chi connectivity index (χ1v) is 9.01. The zero-order valence-electron chi connectivity index (χ0n) is 14.6. The van der Waals surface area contributed by atoms with Gasteiger partial charge in [0.15, 0.2) is 0 Å². The summed E-state index contributed by atoms with van der Waals surface area (Å²) in [5, 5.41) is 26.0. The molecule has 2 nitrogen and oxygen atoms in total. The standard InChI is InChI=1S/C24H17BO2/c26-25(27)20-12-11-16-9-10-18(13-19(16)14-20)24-15-17-5-1-2-6-21(17)22-7-3-4-8-23(22)24/h1-15,26-27H. The largest absolute Gasteiger partial charge is 0.488 e. The van der Waals surface area contributed by atoms with Crippen molar-refractivity contribution in [2.45, 2.75) is 0 Å². The van der Waals surface area contributed by atoms with E-state index in [9.17, 15) is 10.0 Å². The van der Waals surface area contributed by atoms with Crippen LogP contribution in [0.3, 0.4) is 0 Å². The van der Waals surface area contributed by atoms with Crippen molar-refractivity contribution in [1.29, 1.82) is 0 Å². The summed E-state index contributed by atoms with van der Waals surface area (Å²) in [4.78, 5) is 0. The summed E-state index contributed by atoms with van der Waals surface area (Å²) in [5.74, 6) is 0. The predicted octanol–water partition coefficient (Wildman–Crippen LogP) is 4.49. The Bertz CT molecular complexity index is 1310. The maximum Gasteiger partial charge on any atom is 0.488 e. The number of hydrogen-bond donors (Lipinski definition) is 2. The van der Waals surface area contributed by atoms with Gasteiger partial charge in [-0.15, -0.1) is 0 Å². The van der Waals surface area contributed by atoms with E-state index < -0.39 is 7.12 Å². The molecule has 0 unspecified atom stereocenters. The highest BCUT2D eigenvalue weighted by Crippen LogP contribution is 2.35. The van der Waals surface area contributed by atoms with Gasteiger partial charge in [0.1, 0.15) is 0 Å². The first-order valence-electron chi connectivity index (χ1n) is 9.01. The minimum Gasteiger partial charge on any atom is -0.423 e. The molecular weight excluding hydrogens is 331 g/mol. The van der Waals surface area contributed by atoms with Crippen LogP contribution in [0.2, 0.25) is 0 Å². The number of rotatable bonds is 2. The van der Waals surface area contributed by atoms with Gasteiger partial charge >= 0.3 is 7.12 Å². The average Bonchev–Trinajstić information content (AvgIpc) is 2.72. The number of fused-ring (bicyclic) bond motifs is 4. The fourth-order valence-corrected chi connectivity index (χ4v) is 3.89. The Labute approximate surface area is 157 Å². The van der Waals surface area contributed by atoms with E-state index in [1.54, 1.807) is 6.07 Å². The van der Waals surface area contributed by atoms with Crippen LogP contribution in [0, 0.1) is 0 Å². The molecule has 0 radical (unpaired) electrons. The Morgan fingerprint density at radius 3 is 2.04 bits per heavy atom. The molecule has 0 saturated heterocycles. The Kier molecular flexibility index (Phi) is 3.71. The number of benzene rings is 5. The molecule has 27 heavy (non-hydrogen) atoms. The quantitative estimate of drug-likeness (QED) is 0.364. The molecule has 0 aliphatic rings. The summed E-state index contributed by atoms with van der Waals surface area (Å²) in [6, 6.07) is 31.0. The van der Waals surface area contributed by atoms with Crippen molar-refractivity contribution >= 4 is 44.9 Å². The van der Waals surface area contributed by atoms with E-state index in [2.05, 4.69) is 72.8 Å². The fourth-order valence-electron chi connectivity index (χ4n) is 3.89. The Morgan fingerprint density at radius 1 is 0.519 bits per heavy atom. The summed E-state index contributed by atoms with van der Waals surface area (Å²) >= 11 is 0. The fraction of sp³-hybridized carbons (Fsp3) is 0. The van der Waals surface area contributed by atoms with Crippen LogP contribution >= 0.6 is 0 Å². The van der Waals surface area contributed by atoms with Crippen molar-refractivity contribution in [1.82, 2.24) is 0 Å². The summed E-state index contributed by atoms with van der Waals surface area (Å²) in [6.07, 6.45) is 0. The van der Waals surface area contributed by atoms with E-state index in [-0.39, 0.29) is 0 Å². The van der Waals surface area contributed by atoms with Crippen LogP contribution < -0.4 is 5.46 Å². The molecule has 0 bridgehead atoms. The number of hydrogen-bond acceptors (Lipinski definition) is 2. The third-order valence-electron chi connectivity index (χ3n) is 5.24. The molecule has 0 aromatic heterocycles. The van der Waals surface area contributed by atoms with E-state index in [0.29, 0.717) is 5.46 Å². The molecule has 0 aliphatic carbocycles. The van der Waals surface area contributed by atoms with Gasteiger partial charge in [-0.05, 0) is 61.0 Å². The second-order valence-electron chi connectivity index (χ2n) is 6.89. The van der Waals surface area contributed by atoms with Crippen LogP contribution in [0.15, 0.2) is 91.0 Å². The van der Waals surface area contributed by atoms with Gasteiger partial charge in [0, 0.05) is 0 Å². The lowest BCUT2D eigenvalue weighted by atomic mass is 9.79. The second kappa shape index (κ2) is 6.24. The molecule has 0 aliphatic heterocycles. The lowest BCUT2D eigenvalue weighted by molar-refractivity contribution is 0.426. The van der Waals surface area contributed by atoms with Crippen molar-refractivity contribution < 1.29 is 10.0 Å². The maximum absolute atomic E-state index is 9.48. The van der Waals surface area contributed by atoms with Gasteiger partial charge in [0.2, 0.25) is 0 Å². The van der Waals surface area contributed by atoms with Crippen LogP contribution in [0.1, 0.15) is 0 Å². The van der Waals surface area contributed by atoms with Crippen LogP contribution in [-0.2, 0) is 0 Å². The summed E-state index contributed by atoms with van der Waals surface area (Å²) in [5.41, 5.74) is 2.80. The topological polar surface area (TPSA) is 40.5 Å². The van der Waals surface area contributed by atoms with Gasteiger partial charge in [0.05, 0.1) is 0 Å². The highest BCUT2D eigenvalue weighted by atomic mass is 16.4. The molecule has 5 aromatic carbocycles. The lowest BCUT2D eigenvalue weighted by Gasteiger charge is -2.12. The maximum atomic E-state index is 9.48. The molecule has 5 aromatic rings. The molecular formula is C24H17BO2. The third kappa shape index (κ3) is 2.69. The van der Waals surface area contributed by atoms with Crippen molar-refractivity contribution in [3.8, 4) is 11.1 Å². The summed E-state index contributed by atoms with van der Waals surface area (Å²) < 4.78 is 0. The minimum atomic E-state index is -1.46. The zero-order chi connectivity index (χ0) is 18.4. The van der Waals surface area contributed by atoms with Gasteiger partial charge in [-0.3, -0.25) is 0 Å². The van der Waals surface area contributed by atoms with E-state index in [1.165, 1.54) is 27.1 Å². The Morgan fingerprint density at radius 2 is 1.22 bits per heavy atom. The molecule has 0 fully saturated rings. The van der Waals surface area contributed by atoms with E-state index in [1.807, 2.05) is 12.1 Å². The van der Waals surface area contributed by atoms with Crippen molar-refractivity contribution in [2.24, 2.45) is 0 Å². The molecule has 128 valence electrons. The zero-order valence-corrected chi connectivity index (χ0v) is 14.6. The molecule has 5 rings (SSSR count). The van der Waals surface area contributed by atoms with Gasteiger partial charge in [-0.25, -0.2) is 0 Å². The smallest absolute Gasteiger partial charge is 0.423 e. The molecule has 0 saturated carbocycles. The van der Waals surface area contributed by atoms with E-state index in [4.69, 9.17) is 0 Å². The minimum absolute atomic E-state index is 0.503. The first kappa shape index (κ1) is 16.1.